The third-order valence-corrected chi connectivity index (χ3v) is 5.36. The fraction of sp³-hybridized carbons (Fsp3) is 0.923. The van der Waals surface area contributed by atoms with Gasteiger partial charge in [0.05, 0.1) is 4.20 Å². The van der Waals surface area contributed by atoms with E-state index in [2.05, 4.69) is 6.92 Å². The first kappa shape index (κ1) is 15.4. The predicted molar refractivity (Wildman–Crippen MR) is 76.0 cm³/mol. The van der Waals surface area contributed by atoms with Crippen LogP contribution >= 0.6 is 24.0 Å². The van der Waals surface area contributed by atoms with Gasteiger partial charge in [-0.2, -0.15) is 0 Å². The molecule has 0 spiro atoms. The zero-order chi connectivity index (χ0) is 12.9. The van der Waals surface area contributed by atoms with Crippen LogP contribution in [-0.2, 0) is 0 Å². The van der Waals surface area contributed by atoms with Crippen molar-refractivity contribution in [2.75, 3.05) is 6.26 Å². The van der Waals surface area contributed by atoms with Gasteiger partial charge in [0, 0.05) is 12.8 Å². The first-order valence-corrected chi connectivity index (χ1v) is 8.07. The summed E-state index contributed by atoms with van der Waals surface area (Å²) in [5, 5.41) is 0. The van der Waals surface area contributed by atoms with Crippen LogP contribution in [0.4, 0.5) is 8.78 Å². The maximum absolute atomic E-state index is 13.0. The number of hydrogen-bond acceptors (Lipinski definition) is 2. The van der Waals surface area contributed by atoms with Crippen LogP contribution < -0.4 is 0 Å². The number of halogens is 2. The summed E-state index contributed by atoms with van der Waals surface area (Å²) in [6, 6.07) is 0. The van der Waals surface area contributed by atoms with Gasteiger partial charge in [0.2, 0.25) is 5.92 Å². The predicted octanol–water partition coefficient (Wildman–Crippen LogP) is 5.31. The number of rotatable bonds is 5. The van der Waals surface area contributed by atoms with Crippen LogP contribution in [0.3, 0.4) is 0 Å². The largest absolute Gasteiger partial charge is 0.248 e. The Hall–Kier alpha value is 0.300. The zero-order valence-corrected chi connectivity index (χ0v) is 12.3. The molecule has 0 bridgehead atoms. The molecule has 0 N–H and O–H groups in total. The molecule has 100 valence electrons. The van der Waals surface area contributed by atoms with Crippen molar-refractivity contribution in [3.8, 4) is 0 Å². The maximum atomic E-state index is 13.0. The summed E-state index contributed by atoms with van der Waals surface area (Å²) in [5.41, 5.74) is 0. The van der Waals surface area contributed by atoms with Gasteiger partial charge >= 0.3 is 0 Å². The summed E-state index contributed by atoms with van der Waals surface area (Å²) >= 11 is 6.98. The minimum Gasteiger partial charge on any atom is -0.207 e. The first-order valence-electron chi connectivity index (χ1n) is 6.44. The summed E-state index contributed by atoms with van der Waals surface area (Å²) in [5.74, 6) is -1.41. The van der Waals surface area contributed by atoms with Gasteiger partial charge in [0.15, 0.2) is 0 Å². The molecule has 0 radical (unpaired) electrons. The Kier molecular flexibility index (Phi) is 6.35. The van der Waals surface area contributed by atoms with Crippen molar-refractivity contribution in [1.29, 1.82) is 0 Å². The number of thioether (sulfide) groups is 1. The molecule has 4 heteroatoms. The van der Waals surface area contributed by atoms with Crippen LogP contribution in [-0.4, -0.2) is 16.4 Å². The van der Waals surface area contributed by atoms with Gasteiger partial charge in [-0.3, -0.25) is 0 Å². The SMILES string of the molecule is CCC(CCC1CCC(F)(F)CC1)C(=S)SC. The van der Waals surface area contributed by atoms with E-state index in [9.17, 15) is 8.78 Å². The van der Waals surface area contributed by atoms with Gasteiger partial charge in [-0.05, 0) is 50.2 Å². The smallest absolute Gasteiger partial charge is 0.207 e. The fourth-order valence-electron chi connectivity index (χ4n) is 2.48. The molecule has 1 unspecified atom stereocenters. The second-order valence-corrected chi connectivity index (χ2v) is 6.55. The Bertz CT molecular complexity index is 244. The molecule has 1 rings (SSSR count). The van der Waals surface area contributed by atoms with Crippen molar-refractivity contribution in [3.63, 3.8) is 0 Å². The average molecular weight is 280 g/mol. The first-order chi connectivity index (χ1) is 7.98. The molecule has 0 heterocycles. The molecule has 0 aromatic rings. The molecule has 0 aromatic heterocycles. The second-order valence-electron chi connectivity index (χ2n) is 5.01. The quantitative estimate of drug-likeness (QED) is 0.626. The lowest BCUT2D eigenvalue weighted by molar-refractivity contribution is -0.0468. The maximum Gasteiger partial charge on any atom is 0.248 e. The van der Waals surface area contributed by atoms with Gasteiger partial charge in [0.1, 0.15) is 0 Å². The van der Waals surface area contributed by atoms with Crippen molar-refractivity contribution in [2.45, 2.75) is 57.8 Å². The van der Waals surface area contributed by atoms with Gasteiger partial charge in [-0.1, -0.05) is 19.1 Å². The molecular formula is C13H22F2S2. The molecule has 0 saturated heterocycles. The third kappa shape index (κ3) is 5.21. The van der Waals surface area contributed by atoms with Crippen LogP contribution in [0.2, 0.25) is 0 Å². The number of hydrogen-bond donors (Lipinski definition) is 0. The van der Waals surface area contributed by atoms with E-state index in [1.54, 1.807) is 11.8 Å². The highest BCUT2D eigenvalue weighted by molar-refractivity contribution is 8.22. The van der Waals surface area contributed by atoms with E-state index in [0.717, 1.165) is 23.5 Å². The Labute approximate surface area is 113 Å². The van der Waals surface area contributed by atoms with Crippen LogP contribution in [0.25, 0.3) is 0 Å². The van der Waals surface area contributed by atoms with Crippen LogP contribution in [0.15, 0.2) is 0 Å². The molecule has 1 atom stereocenters. The summed E-state index contributed by atoms with van der Waals surface area (Å²) in [7, 11) is 0. The number of alkyl halides is 2. The molecule has 1 fully saturated rings. The molecule has 0 nitrogen and oxygen atoms in total. The lowest BCUT2D eigenvalue weighted by Gasteiger charge is -2.29. The highest BCUT2D eigenvalue weighted by Gasteiger charge is 2.34. The Morgan fingerprint density at radius 2 is 2.00 bits per heavy atom. The molecule has 1 aliphatic rings. The van der Waals surface area contributed by atoms with Gasteiger partial charge in [-0.25, -0.2) is 8.78 Å². The van der Waals surface area contributed by atoms with E-state index in [-0.39, 0.29) is 12.8 Å². The van der Waals surface area contributed by atoms with E-state index in [1.807, 2.05) is 6.26 Å². The van der Waals surface area contributed by atoms with E-state index in [0.29, 0.717) is 24.7 Å². The third-order valence-electron chi connectivity index (χ3n) is 3.79. The van der Waals surface area contributed by atoms with Gasteiger partial charge in [-0.15, -0.1) is 11.8 Å². The minimum atomic E-state index is -2.39. The molecule has 0 amide bonds. The van der Waals surface area contributed by atoms with Crippen molar-refractivity contribution in [2.24, 2.45) is 11.8 Å². The molecule has 1 aliphatic carbocycles. The summed E-state index contributed by atoms with van der Waals surface area (Å²) in [4.78, 5) is 0. The minimum absolute atomic E-state index is 0.0848. The Balaban J connectivity index is 2.29. The molecular weight excluding hydrogens is 258 g/mol. The van der Waals surface area contributed by atoms with Crippen LogP contribution in [0.5, 0.6) is 0 Å². The average Bonchev–Trinajstić information content (AvgIpc) is 2.31. The second kappa shape index (κ2) is 7.03. The van der Waals surface area contributed by atoms with Crippen molar-refractivity contribution in [3.05, 3.63) is 0 Å². The van der Waals surface area contributed by atoms with Crippen molar-refractivity contribution >= 4 is 28.2 Å². The Morgan fingerprint density at radius 3 is 2.47 bits per heavy atom. The summed E-state index contributed by atoms with van der Waals surface area (Å²) in [6.45, 7) is 2.15. The van der Waals surface area contributed by atoms with Crippen molar-refractivity contribution < 1.29 is 8.78 Å². The normalized spacial score (nSPS) is 22.4. The van der Waals surface area contributed by atoms with E-state index in [4.69, 9.17) is 12.2 Å². The van der Waals surface area contributed by atoms with Crippen LogP contribution in [0, 0.1) is 11.8 Å². The van der Waals surface area contributed by atoms with E-state index in [1.165, 1.54) is 0 Å². The fourth-order valence-corrected chi connectivity index (χ4v) is 3.38. The van der Waals surface area contributed by atoms with Crippen molar-refractivity contribution in [1.82, 2.24) is 0 Å². The van der Waals surface area contributed by atoms with Gasteiger partial charge in [0.25, 0.3) is 0 Å². The Morgan fingerprint density at radius 1 is 1.41 bits per heavy atom. The molecule has 1 saturated carbocycles. The standard InChI is InChI=1S/C13H22F2S2/c1-3-11(12(16)17-2)5-4-10-6-8-13(14,15)9-7-10/h10-11H,3-9H2,1-2H3. The monoisotopic (exact) mass is 280 g/mol. The molecule has 17 heavy (non-hydrogen) atoms. The van der Waals surface area contributed by atoms with Crippen LogP contribution in [0.1, 0.15) is 51.9 Å². The lowest BCUT2D eigenvalue weighted by Crippen LogP contribution is -2.25. The lowest BCUT2D eigenvalue weighted by atomic mass is 9.82. The van der Waals surface area contributed by atoms with E-state index >= 15 is 0 Å². The topological polar surface area (TPSA) is 0 Å². The molecule has 0 aliphatic heterocycles. The van der Waals surface area contributed by atoms with E-state index < -0.39 is 5.92 Å². The van der Waals surface area contributed by atoms with Gasteiger partial charge < -0.3 is 0 Å². The zero-order valence-electron chi connectivity index (χ0n) is 10.7. The highest BCUT2D eigenvalue weighted by Crippen LogP contribution is 2.38. The summed E-state index contributed by atoms with van der Waals surface area (Å²) in [6.07, 6.45) is 6.78. The number of thiocarbonyl (C=S) groups is 1. The highest BCUT2D eigenvalue weighted by atomic mass is 32.2. The summed E-state index contributed by atoms with van der Waals surface area (Å²) < 4.78 is 27.1. The molecule has 0 aromatic carbocycles.